The molecule has 0 aliphatic heterocycles. The Balaban J connectivity index is 3.10. The largest absolute Gasteiger partial charge is 0.508 e. The number of hydrogen-bond acceptors (Lipinski definition) is 3. The molecule has 0 spiro atoms. The van der Waals surface area contributed by atoms with E-state index in [0.29, 0.717) is 0 Å². The zero-order chi connectivity index (χ0) is 13.2. The minimum absolute atomic E-state index is 0.144. The van der Waals surface area contributed by atoms with Crippen LogP contribution in [0.2, 0.25) is 0 Å². The number of hydrogen-bond donors (Lipinski definition) is 3. The molecule has 94 valence electrons. The average Bonchev–Trinajstić information content (AvgIpc) is 2.18. The predicted molar refractivity (Wildman–Crippen MR) is 52.4 cm³/mol. The maximum atomic E-state index is 12.4. The van der Waals surface area contributed by atoms with Crippen molar-refractivity contribution >= 4 is 5.97 Å². The third-order valence-corrected chi connectivity index (χ3v) is 2.13. The number of halogens is 3. The number of carboxylic acids is 1. The zero-order valence-corrected chi connectivity index (χ0v) is 8.53. The van der Waals surface area contributed by atoms with Crippen molar-refractivity contribution < 1.29 is 28.2 Å². The van der Waals surface area contributed by atoms with Crippen LogP contribution in [0.3, 0.4) is 0 Å². The fourth-order valence-corrected chi connectivity index (χ4v) is 1.31. The van der Waals surface area contributed by atoms with Gasteiger partial charge in [0.05, 0.1) is 6.42 Å². The summed E-state index contributed by atoms with van der Waals surface area (Å²) >= 11 is 0. The van der Waals surface area contributed by atoms with Crippen molar-refractivity contribution in [1.82, 2.24) is 0 Å². The van der Waals surface area contributed by atoms with Gasteiger partial charge >= 0.3 is 12.1 Å². The Morgan fingerprint density at radius 1 is 1.41 bits per heavy atom. The fraction of sp³-hybridized carbons (Fsp3) is 0.300. The van der Waals surface area contributed by atoms with Gasteiger partial charge in [-0.3, -0.25) is 4.79 Å². The van der Waals surface area contributed by atoms with Crippen LogP contribution in [0.15, 0.2) is 18.2 Å². The highest BCUT2D eigenvalue weighted by atomic mass is 19.4. The molecular formula is C10H10F3NO3. The summed E-state index contributed by atoms with van der Waals surface area (Å²) in [4.78, 5) is 10.4. The van der Waals surface area contributed by atoms with Gasteiger partial charge in [-0.2, -0.15) is 13.2 Å². The Kier molecular flexibility index (Phi) is 3.62. The number of carboxylic acid groups (broad SMARTS) is 1. The Morgan fingerprint density at radius 2 is 2.00 bits per heavy atom. The summed E-state index contributed by atoms with van der Waals surface area (Å²) in [5.41, 5.74) is 4.55. The Morgan fingerprint density at radius 3 is 2.47 bits per heavy atom. The van der Waals surface area contributed by atoms with E-state index >= 15 is 0 Å². The highest BCUT2D eigenvalue weighted by Gasteiger charge is 2.39. The Labute approximate surface area is 94.5 Å². The maximum absolute atomic E-state index is 12.4. The van der Waals surface area contributed by atoms with Gasteiger partial charge in [-0.1, -0.05) is 6.07 Å². The fourth-order valence-electron chi connectivity index (χ4n) is 1.31. The first-order valence-corrected chi connectivity index (χ1v) is 4.57. The average molecular weight is 249 g/mol. The molecule has 0 bridgehead atoms. The molecular weight excluding hydrogens is 239 g/mol. The van der Waals surface area contributed by atoms with Crippen molar-refractivity contribution in [2.75, 3.05) is 0 Å². The Hall–Kier alpha value is -1.76. The van der Waals surface area contributed by atoms with E-state index in [0.717, 1.165) is 12.1 Å². The lowest BCUT2D eigenvalue weighted by Crippen LogP contribution is -2.28. The summed E-state index contributed by atoms with van der Waals surface area (Å²) < 4.78 is 37.1. The summed E-state index contributed by atoms with van der Waals surface area (Å²) in [7, 11) is 0. The van der Waals surface area contributed by atoms with Crippen LogP contribution in [0, 0.1) is 0 Å². The summed E-state index contributed by atoms with van der Waals surface area (Å²) in [6.45, 7) is 0. The second-order valence-corrected chi connectivity index (χ2v) is 3.48. The molecule has 0 heterocycles. The molecule has 4 nitrogen and oxygen atoms in total. The quantitative estimate of drug-likeness (QED) is 0.759. The molecule has 0 amide bonds. The number of aromatic hydroxyl groups is 1. The second-order valence-electron chi connectivity index (χ2n) is 3.48. The standard InChI is InChI=1S/C10H10F3NO3/c11-10(12,13)9(14)6-3-5(4-8(16)17)1-2-7(6)15/h1-3,9,15H,4,14H2,(H,16,17)/t9-/m0/s1. The van der Waals surface area contributed by atoms with Crippen molar-refractivity contribution in [3.8, 4) is 5.75 Å². The SMILES string of the molecule is N[C@@H](c1cc(CC(=O)O)ccc1O)C(F)(F)F. The lowest BCUT2D eigenvalue weighted by molar-refractivity contribution is -0.149. The van der Waals surface area contributed by atoms with E-state index in [-0.39, 0.29) is 5.56 Å². The lowest BCUT2D eigenvalue weighted by Gasteiger charge is -2.17. The molecule has 0 aliphatic carbocycles. The van der Waals surface area contributed by atoms with Crippen LogP contribution in [-0.4, -0.2) is 22.4 Å². The van der Waals surface area contributed by atoms with E-state index in [1.165, 1.54) is 6.07 Å². The van der Waals surface area contributed by atoms with Crippen LogP contribution in [-0.2, 0) is 11.2 Å². The van der Waals surface area contributed by atoms with E-state index in [9.17, 15) is 23.1 Å². The van der Waals surface area contributed by atoms with Gasteiger partial charge < -0.3 is 15.9 Å². The van der Waals surface area contributed by atoms with Crippen LogP contribution in [0.1, 0.15) is 17.2 Å². The van der Waals surface area contributed by atoms with E-state index < -0.39 is 35.9 Å². The van der Waals surface area contributed by atoms with Gasteiger partial charge in [0, 0.05) is 5.56 Å². The number of rotatable bonds is 3. The lowest BCUT2D eigenvalue weighted by atomic mass is 10.0. The molecule has 0 aliphatic rings. The third kappa shape index (κ3) is 3.35. The summed E-state index contributed by atoms with van der Waals surface area (Å²) in [5.74, 6) is -1.79. The smallest absolute Gasteiger partial charge is 0.407 e. The van der Waals surface area contributed by atoms with Crippen LogP contribution in [0.4, 0.5) is 13.2 Å². The van der Waals surface area contributed by atoms with Gasteiger partial charge in [-0.05, 0) is 17.7 Å². The molecule has 0 aromatic heterocycles. The summed E-state index contributed by atoms with van der Waals surface area (Å²) in [5, 5.41) is 17.8. The number of carbonyl (C=O) groups is 1. The summed E-state index contributed by atoms with van der Waals surface area (Å²) in [6, 6.07) is 0.841. The number of alkyl halides is 3. The molecule has 4 N–H and O–H groups in total. The minimum atomic E-state index is -4.70. The normalized spacial score (nSPS) is 13.4. The van der Waals surface area contributed by atoms with Crippen molar-refractivity contribution in [2.24, 2.45) is 5.73 Å². The van der Waals surface area contributed by atoms with Crippen molar-refractivity contribution in [1.29, 1.82) is 0 Å². The van der Waals surface area contributed by atoms with Gasteiger partial charge in [-0.25, -0.2) is 0 Å². The molecule has 7 heteroatoms. The first-order chi connectivity index (χ1) is 7.71. The molecule has 1 aromatic rings. The van der Waals surface area contributed by atoms with E-state index in [1.54, 1.807) is 0 Å². The highest BCUT2D eigenvalue weighted by Crippen LogP contribution is 2.35. The van der Waals surface area contributed by atoms with E-state index in [4.69, 9.17) is 10.8 Å². The number of aliphatic carboxylic acids is 1. The van der Waals surface area contributed by atoms with E-state index in [2.05, 4.69) is 0 Å². The molecule has 0 unspecified atom stereocenters. The maximum Gasteiger partial charge on any atom is 0.407 e. The molecule has 0 saturated carbocycles. The number of phenols is 1. The molecule has 0 radical (unpaired) electrons. The van der Waals surface area contributed by atoms with Gasteiger partial charge in [0.15, 0.2) is 0 Å². The zero-order valence-electron chi connectivity index (χ0n) is 8.53. The van der Waals surface area contributed by atoms with Gasteiger partial charge in [0.1, 0.15) is 11.8 Å². The molecule has 1 atom stereocenters. The topological polar surface area (TPSA) is 83.6 Å². The molecule has 0 fully saturated rings. The minimum Gasteiger partial charge on any atom is -0.508 e. The number of nitrogens with two attached hydrogens (primary N) is 1. The van der Waals surface area contributed by atoms with Gasteiger partial charge in [0.2, 0.25) is 0 Å². The van der Waals surface area contributed by atoms with Crippen LogP contribution < -0.4 is 5.73 Å². The van der Waals surface area contributed by atoms with Crippen LogP contribution in [0.5, 0.6) is 5.75 Å². The number of phenolic OH excluding ortho intramolecular Hbond substituents is 1. The van der Waals surface area contributed by atoms with Crippen molar-refractivity contribution in [3.63, 3.8) is 0 Å². The molecule has 0 saturated heterocycles. The monoisotopic (exact) mass is 249 g/mol. The number of benzene rings is 1. The first-order valence-electron chi connectivity index (χ1n) is 4.57. The Bertz CT molecular complexity index is 431. The van der Waals surface area contributed by atoms with E-state index in [1.807, 2.05) is 0 Å². The molecule has 17 heavy (non-hydrogen) atoms. The van der Waals surface area contributed by atoms with Crippen molar-refractivity contribution in [3.05, 3.63) is 29.3 Å². The van der Waals surface area contributed by atoms with Crippen LogP contribution >= 0.6 is 0 Å². The van der Waals surface area contributed by atoms with Gasteiger partial charge in [0.25, 0.3) is 0 Å². The van der Waals surface area contributed by atoms with Gasteiger partial charge in [-0.15, -0.1) is 0 Å². The molecule has 1 aromatic carbocycles. The highest BCUT2D eigenvalue weighted by molar-refractivity contribution is 5.70. The second kappa shape index (κ2) is 4.62. The third-order valence-electron chi connectivity index (χ3n) is 2.13. The molecule has 1 rings (SSSR count). The predicted octanol–water partition coefficient (Wildman–Crippen LogP) is 1.58. The van der Waals surface area contributed by atoms with Crippen molar-refractivity contribution in [2.45, 2.75) is 18.6 Å². The van der Waals surface area contributed by atoms with Crippen LogP contribution in [0.25, 0.3) is 0 Å². The first kappa shape index (κ1) is 13.3. The summed E-state index contributed by atoms with van der Waals surface area (Å²) in [6.07, 6.45) is -5.13.